The monoisotopic (exact) mass is 282 g/mol. The maximum Gasteiger partial charge on any atom is 0.327 e. The first-order valence-electron chi connectivity index (χ1n) is 4.62. The third kappa shape index (κ3) is 6.39. The predicted molar refractivity (Wildman–Crippen MR) is 66.7 cm³/mol. The highest BCUT2D eigenvalue weighted by Crippen LogP contribution is 1.90. The Morgan fingerprint density at radius 1 is 1.00 bits per heavy atom. The van der Waals surface area contributed by atoms with Gasteiger partial charge in [-0.3, -0.25) is 14.9 Å². The number of carbonyl (C=O) groups excluding carboxylic acids is 1. The fourth-order valence-electron chi connectivity index (χ4n) is 0.877. The van der Waals surface area contributed by atoms with Crippen molar-refractivity contribution in [1.29, 1.82) is 0 Å². The summed E-state index contributed by atoms with van der Waals surface area (Å²) in [6.45, 7) is -0.297. The first-order valence-corrected chi connectivity index (χ1v) is 5.89. The number of rotatable bonds is 8. The summed E-state index contributed by atoms with van der Waals surface area (Å²) in [6.07, 6.45) is 0. The fraction of sp³-hybridized carbons (Fsp3) is 0.625. The van der Waals surface area contributed by atoms with E-state index in [2.05, 4.69) is 35.9 Å². The van der Waals surface area contributed by atoms with Crippen LogP contribution in [-0.2, 0) is 14.4 Å². The molecule has 2 unspecified atom stereocenters. The van der Waals surface area contributed by atoms with Crippen LogP contribution in [0.4, 0.5) is 0 Å². The molecule has 0 rings (SSSR count). The molecule has 98 valence electrons. The summed E-state index contributed by atoms with van der Waals surface area (Å²) in [6, 6.07) is -2.05. The van der Waals surface area contributed by atoms with E-state index in [-0.39, 0.29) is 18.1 Å². The van der Waals surface area contributed by atoms with Crippen molar-refractivity contribution in [2.75, 3.05) is 18.1 Å². The summed E-state index contributed by atoms with van der Waals surface area (Å²) in [5, 5.41) is 21.9. The van der Waals surface area contributed by atoms with Crippen LogP contribution in [0.1, 0.15) is 0 Å². The molecule has 0 bridgehead atoms. The van der Waals surface area contributed by atoms with Gasteiger partial charge in [0.2, 0.25) is 5.91 Å². The summed E-state index contributed by atoms with van der Waals surface area (Å²) in [5.74, 6) is -2.96. The topological polar surface area (TPSA) is 116 Å². The van der Waals surface area contributed by atoms with E-state index in [1.165, 1.54) is 0 Å². The van der Waals surface area contributed by atoms with Crippen LogP contribution in [-0.4, -0.2) is 58.2 Å². The molecule has 9 heteroatoms. The molecule has 17 heavy (non-hydrogen) atoms. The van der Waals surface area contributed by atoms with Crippen molar-refractivity contribution in [3.8, 4) is 0 Å². The molecule has 0 fully saturated rings. The fourth-order valence-corrected chi connectivity index (χ4v) is 1.41. The lowest BCUT2D eigenvalue weighted by atomic mass is 10.3. The highest BCUT2D eigenvalue weighted by atomic mass is 32.1. The Balaban J connectivity index is 4.10. The largest absolute Gasteiger partial charge is 0.480 e. The third-order valence-corrected chi connectivity index (χ3v) is 2.54. The second-order valence-corrected chi connectivity index (χ2v) is 3.83. The lowest BCUT2D eigenvalue weighted by Crippen LogP contribution is -2.49. The van der Waals surface area contributed by atoms with Gasteiger partial charge in [0.1, 0.15) is 12.1 Å². The number of nitrogens with one attached hydrogen (secondary N) is 2. The molecule has 7 nitrogen and oxygen atoms in total. The van der Waals surface area contributed by atoms with Gasteiger partial charge in [0.25, 0.3) is 0 Å². The lowest BCUT2D eigenvalue weighted by Gasteiger charge is -2.14. The normalized spacial score (nSPS) is 13.8. The van der Waals surface area contributed by atoms with Crippen LogP contribution >= 0.6 is 25.3 Å². The van der Waals surface area contributed by atoms with Gasteiger partial charge < -0.3 is 15.5 Å². The van der Waals surface area contributed by atoms with Gasteiger partial charge in [-0.05, 0) is 0 Å². The van der Waals surface area contributed by atoms with Crippen LogP contribution in [0.3, 0.4) is 0 Å². The van der Waals surface area contributed by atoms with Crippen molar-refractivity contribution in [2.45, 2.75) is 12.1 Å². The molecule has 4 N–H and O–H groups in total. The number of hydrogen-bond donors (Lipinski definition) is 6. The number of carbonyl (C=O) groups is 3. The van der Waals surface area contributed by atoms with Gasteiger partial charge in [-0.2, -0.15) is 25.3 Å². The van der Waals surface area contributed by atoms with E-state index in [1.807, 2.05) is 0 Å². The Morgan fingerprint density at radius 3 is 1.82 bits per heavy atom. The Morgan fingerprint density at radius 2 is 1.47 bits per heavy atom. The zero-order valence-corrected chi connectivity index (χ0v) is 10.6. The minimum Gasteiger partial charge on any atom is -0.480 e. The molecule has 0 saturated carbocycles. The highest BCUT2D eigenvalue weighted by molar-refractivity contribution is 7.80. The van der Waals surface area contributed by atoms with E-state index in [4.69, 9.17) is 10.2 Å². The molecule has 0 aromatic heterocycles. The molecule has 0 aromatic rings. The highest BCUT2D eigenvalue weighted by Gasteiger charge is 2.20. The quantitative estimate of drug-likeness (QED) is 0.301. The second kappa shape index (κ2) is 8.20. The Hall–Kier alpha value is -0.930. The van der Waals surface area contributed by atoms with Crippen molar-refractivity contribution in [2.24, 2.45) is 0 Å². The minimum atomic E-state index is -1.20. The van der Waals surface area contributed by atoms with Crippen LogP contribution in [0.2, 0.25) is 0 Å². The van der Waals surface area contributed by atoms with Gasteiger partial charge in [0, 0.05) is 11.5 Å². The minimum absolute atomic E-state index is 0.0253. The first kappa shape index (κ1) is 16.1. The maximum atomic E-state index is 11.3. The number of aliphatic carboxylic acids is 2. The summed E-state index contributed by atoms with van der Waals surface area (Å²) >= 11 is 7.56. The summed E-state index contributed by atoms with van der Waals surface area (Å²) < 4.78 is 0. The van der Waals surface area contributed by atoms with Crippen molar-refractivity contribution in [3.63, 3.8) is 0 Å². The van der Waals surface area contributed by atoms with E-state index in [1.54, 1.807) is 0 Å². The molecule has 0 saturated heterocycles. The molecule has 0 heterocycles. The molecular formula is C8H14N2O5S2. The number of hydrogen-bond acceptors (Lipinski definition) is 6. The molecule has 0 aliphatic heterocycles. The summed E-state index contributed by atoms with van der Waals surface area (Å²) in [4.78, 5) is 32.4. The Labute approximate surface area is 109 Å². The number of carboxylic acids is 2. The molecular weight excluding hydrogens is 268 g/mol. The first-order chi connectivity index (χ1) is 7.92. The molecule has 2 atom stereocenters. The van der Waals surface area contributed by atoms with Crippen LogP contribution in [0, 0.1) is 0 Å². The standard InChI is InChI=1S/C8H14N2O5S2/c11-6(10-5(3-17)8(14)15)1-9-4(2-16)7(12)13/h4-5,9,16-17H,1-3H2,(H,10,11)(H,12,13)(H,14,15). The van der Waals surface area contributed by atoms with E-state index >= 15 is 0 Å². The van der Waals surface area contributed by atoms with Gasteiger partial charge >= 0.3 is 11.9 Å². The Bertz CT molecular complexity index is 300. The lowest BCUT2D eigenvalue weighted by molar-refractivity contribution is -0.141. The average Bonchev–Trinajstić information content (AvgIpc) is 2.25. The third-order valence-electron chi connectivity index (χ3n) is 1.81. The van der Waals surface area contributed by atoms with Crippen LogP contribution in [0.5, 0.6) is 0 Å². The van der Waals surface area contributed by atoms with E-state index in [9.17, 15) is 14.4 Å². The number of thiol groups is 2. The van der Waals surface area contributed by atoms with E-state index < -0.39 is 29.9 Å². The zero-order chi connectivity index (χ0) is 13.4. The van der Waals surface area contributed by atoms with Crippen LogP contribution < -0.4 is 10.6 Å². The molecule has 0 spiro atoms. The van der Waals surface area contributed by atoms with Gasteiger partial charge in [-0.1, -0.05) is 0 Å². The maximum absolute atomic E-state index is 11.3. The molecule has 0 aliphatic rings. The van der Waals surface area contributed by atoms with Crippen molar-refractivity contribution >= 4 is 43.1 Å². The zero-order valence-electron chi connectivity index (χ0n) is 8.79. The SMILES string of the molecule is O=C(CNC(CS)C(=O)O)NC(CS)C(=O)O. The van der Waals surface area contributed by atoms with Crippen molar-refractivity contribution in [1.82, 2.24) is 10.6 Å². The van der Waals surface area contributed by atoms with Crippen LogP contribution in [0.15, 0.2) is 0 Å². The van der Waals surface area contributed by atoms with Gasteiger partial charge in [0.05, 0.1) is 6.54 Å². The summed E-state index contributed by atoms with van der Waals surface area (Å²) in [5.41, 5.74) is 0. The van der Waals surface area contributed by atoms with Crippen molar-refractivity contribution < 1.29 is 24.6 Å². The number of amides is 1. The number of carboxylic acid groups (broad SMARTS) is 2. The molecule has 0 aliphatic carbocycles. The van der Waals surface area contributed by atoms with Crippen LogP contribution in [0.25, 0.3) is 0 Å². The van der Waals surface area contributed by atoms with E-state index in [0.717, 1.165) is 0 Å². The molecule has 0 aromatic carbocycles. The van der Waals surface area contributed by atoms with Gasteiger partial charge in [0.15, 0.2) is 0 Å². The van der Waals surface area contributed by atoms with Gasteiger partial charge in [-0.15, -0.1) is 0 Å². The molecule has 0 radical (unpaired) electrons. The van der Waals surface area contributed by atoms with Gasteiger partial charge in [-0.25, -0.2) is 4.79 Å². The summed E-state index contributed by atoms with van der Waals surface area (Å²) in [7, 11) is 0. The smallest absolute Gasteiger partial charge is 0.327 e. The second-order valence-electron chi connectivity index (χ2n) is 3.10. The molecule has 1 amide bonds. The predicted octanol–water partition coefficient (Wildman–Crippen LogP) is -1.54. The van der Waals surface area contributed by atoms with E-state index in [0.29, 0.717) is 0 Å². The average molecular weight is 282 g/mol. The van der Waals surface area contributed by atoms with Crippen molar-refractivity contribution in [3.05, 3.63) is 0 Å². The Kier molecular flexibility index (Phi) is 7.75.